The number of ether oxygens (including phenoxy) is 1. The number of hydrazine groups is 2. The van der Waals surface area contributed by atoms with Gasteiger partial charge in [-0.05, 0) is 79.9 Å². The molecular formula is C27H30FN7O3. The van der Waals surface area contributed by atoms with Crippen LogP contribution in [0.5, 0.6) is 5.75 Å². The van der Waals surface area contributed by atoms with Crippen LogP contribution in [-0.2, 0) is 13.0 Å². The zero-order valence-corrected chi connectivity index (χ0v) is 21.4. The number of nitrogens with zero attached hydrogens (tertiary/aromatic N) is 3. The first-order valence-electron chi connectivity index (χ1n) is 12.4. The van der Waals surface area contributed by atoms with Crippen LogP contribution in [0.3, 0.4) is 0 Å². The van der Waals surface area contributed by atoms with E-state index in [9.17, 15) is 14.0 Å². The van der Waals surface area contributed by atoms with E-state index in [0.717, 1.165) is 16.8 Å². The third-order valence-corrected chi connectivity index (χ3v) is 6.64. The molecule has 0 spiro atoms. The van der Waals surface area contributed by atoms with Gasteiger partial charge >= 0.3 is 0 Å². The van der Waals surface area contributed by atoms with Gasteiger partial charge < -0.3 is 20.3 Å². The topological polar surface area (TPSA) is 110 Å². The number of amidine groups is 1. The first kappa shape index (κ1) is 25.3. The lowest BCUT2D eigenvalue weighted by molar-refractivity contribution is 0.0734. The predicted molar refractivity (Wildman–Crippen MR) is 140 cm³/mol. The molecule has 5 rings (SSSR count). The van der Waals surface area contributed by atoms with E-state index in [1.807, 2.05) is 43.2 Å². The van der Waals surface area contributed by atoms with Crippen molar-refractivity contribution in [3.8, 4) is 5.75 Å². The fraction of sp³-hybridized carbons (Fsp3) is 0.296. The van der Waals surface area contributed by atoms with Gasteiger partial charge in [-0.15, -0.1) is 10.6 Å². The van der Waals surface area contributed by atoms with Crippen molar-refractivity contribution in [1.82, 2.24) is 31.6 Å². The van der Waals surface area contributed by atoms with Gasteiger partial charge in [0.2, 0.25) is 0 Å². The number of hydrogen-bond acceptors (Lipinski definition) is 8. The second kappa shape index (κ2) is 10.5. The van der Waals surface area contributed by atoms with E-state index in [-0.39, 0.29) is 23.7 Å². The number of nitrogens with one attached hydrogen (secondary N) is 4. The number of carbonyl (C=O) groups is 2. The number of benzene rings is 2. The molecule has 198 valence electrons. The molecule has 0 saturated heterocycles. The standard InChI is InChI=1S/C27H30FN7O3/c1-16(2)35-25(31-32-33-35)22-5-4-6-24(29-22)30-26(36)21-13-19-15-34(12-11-18(19)14-23(21)38-3)27(37)17-7-9-20(28)10-8-17/h4-10,13-14,16,24,29,32-33H,11-12,15H2,1-3H3,(H,30,36). The minimum atomic E-state index is -0.475. The SMILES string of the molecule is COc1cc2c(cc1C(=O)NC1C=CC=C(C3=NNNN3C(C)C)N1)CN(C(=O)c1ccc(F)cc1)CC2. The number of fused-ring (bicyclic) bond motifs is 1. The number of dihydropyridines is 1. The molecule has 0 aliphatic carbocycles. The first-order chi connectivity index (χ1) is 18.3. The maximum Gasteiger partial charge on any atom is 0.256 e. The Morgan fingerprint density at radius 2 is 1.97 bits per heavy atom. The third kappa shape index (κ3) is 5.05. The van der Waals surface area contributed by atoms with Gasteiger partial charge in [-0.2, -0.15) is 0 Å². The lowest BCUT2D eigenvalue weighted by atomic mass is 9.95. The molecule has 3 aliphatic rings. The van der Waals surface area contributed by atoms with Crippen LogP contribution < -0.4 is 26.4 Å². The van der Waals surface area contributed by atoms with Crippen LogP contribution in [0, 0.1) is 5.82 Å². The molecule has 3 heterocycles. The van der Waals surface area contributed by atoms with Crippen LogP contribution in [0.15, 0.2) is 65.4 Å². The third-order valence-electron chi connectivity index (χ3n) is 6.64. The van der Waals surface area contributed by atoms with E-state index < -0.39 is 6.17 Å². The number of halogens is 1. The number of carbonyl (C=O) groups excluding carboxylic acids is 2. The van der Waals surface area contributed by atoms with Crippen molar-refractivity contribution < 1.29 is 18.7 Å². The van der Waals surface area contributed by atoms with Crippen molar-refractivity contribution in [1.29, 1.82) is 0 Å². The molecule has 0 radical (unpaired) electrons. The average molecular weight is 520 g/mol. The molecular weight excluding hydrogens is 489 g/mol. The van der Waals surface area contributed by atoms with Gasteiger partial charge in [0, 0.05) is 24.7 Å². The largest absolute Gasteiger partial charge is 0.496 e. The van der Waals surface area contributed by atoms with Gasteiger partial charge in [0.25, 0.3) is 11.8 Å². The summed E-state index contributed by atoms with van der Waals surface area (Å²) < 4.78 is 18.8. The number of hydrazone groups is 1. The Morgan fingerprint density at radius 1 is 1.18 bits per heavy atom. The highest BCUT2D eigenvalue weighted by Crippen LogP contribution is 2.29. The van der Waals surface area contributed by atoms with E-state index in [4.69, 9.17) is 4.74 Å². The molecule has 0 saturated carbocycles. The Hall–Kier alpha value is -4.38. The van der Waals surface area contributed by atoms with E-state index in [1.165, 1.54) is 31.4 Å². The molecule has 0 aromatic heterocycles. The van der Waals surface area contributed by atoms with Crippen LogP contribution in [0.25, 0.3) is 0 Å². The highest BCUT2D eigenvalue weighted by atomic mass is 19.1. The Labute approximate surface area is 220 Å². The summed E-state index contributed by atoms with van der Waals surface area (Å²) in [6.07, 6.45) is 5.73. The number of allylic oxidation sites excluding steroid dienone is 2. The number of rotatable bonds is 6. The maximum absolute atomic E-state index is 13.4. The van der Waals surface area contributed by atoms with Crippen molar-refractivity contribution in [2.24, 2.45) is 5.10 Å². The van der Waals surface area contributed by atoms with E-state index in [2.05, 4.69) is 26.8 Å². The molecule has 3 aliphatic heterocycles. The molecule has 4 N–H and O–H groups in total. The maximum atomic E-state index is 13.4. The molecule has 2 amide bonds. The normalized spacial score (nSPS) is 18.3. The van der Waals surface area contributed by atoms with Crippen molar-refractivity contribution in [3.05, 3.63) is 88.4 Å². The first-order valence-corrected chi connectivity index (χ1v) is 12.4. The second-order valence-corrected chi connectivity index (χ2v) is 9.49. The van der Waals surface area contributed by atoms with Gasteiger partial charge in [0.15, 0.2) is 5.84 Å². The number of methoxy groups -OCH3 is 1. The minimum absolute atomic E-state index is 0.152. The average Bonchev–Trinajstić information content (AvgIpc) is 3.43. The van der Waals surface area contributed by atoms with Gasteiger partial charge in [-0.3, -0.25) is 14.6 Å². The lowest BCUT2D eigenvalue weighted by Crippen LogP contribution is -2.51. The Morgan fingerprint density at radius 3 is 2.71 bits per heavy atom. The number of amides is 2. The highest BCUT2D eigenvalue weighted by Gasteiger charge is 2.28. The van der Waals surface area contributed by atoms with Gasteiger partial charge in [0.05, 0.1) is 18.4 Å². The molecule has 10 nitrogen and oxygen atoms in total. The Balaban J connectivity index is 1.31. The molecule has 1 atom stereocenters. The summed E-state index contributed by atoms with van der Waals surface area (Å²) in [5, 5.41) is 12.5. The van der Waals surface area contributed by atoms with E-state index in [1.54, 1.807) is 11.0 Å². The zero-order valence-electron chi connectivity index (χ0n) is 21.4. The smallest absolute Gasteiger partial charge is 0.256 e. The van der Waals surface area contributed by atoms with Crippen LogP contribution in [0.4, 0.5) is 4.39 Å². The molecule has 2 aromatic rings. The van der Waals surface area contributed by atoms with Crippen LogP contribution in [0.1, 0.15) is 45.7 Å². The van der Waals surface area contributed by atoms with Crippen molar-refractivity contribution in [2.75, 3.05) is 13.7 Å². The zero-order chi connectivity index (χ0) is 26.8. The summed E-state index contributed by atoms with van der Waals surface area (Å²) in [7, 11) is 1.53. The Bertz CT molecular complexity index is 1340. The summed E-state index contributed by atoms with van der Waals surface area (Å²) >= 11 is 0. The molecule has 38 heavy (non-hydrogen) atoms. The molecule has 0 bridgehead atoms. The molecule has 0 fully saturated rings. The number of hydrogen-bond donors (Lipinski definition) is 4. The van der Waals surface area contributed by atoms with Crippen molar-refractivity contribution in [3.63, 3.8) is 0 Å². The summed E-state index contributed by atoms with van der Waals surface area (Å²) in [6.45, 7) is 4.93. The highest BCUT2D eigenvalue weighted by molar-refractivity contribution is 6.00. The monoisotopic (exact) mass is 519 g/mol. The van der Waals surface area contributed by atoms with Gasteiger partial charge in [0.1, 0.15) is 17.7 Å². The quantitative estimate of drug-likeness (QED) is 0.463. The van der Waals surface area contributed by atoms with Gasteiger partial charge in [-0.25, -0.2) is 9.93 Å². The second-order valence-electron chi connectivity index (χ2n) is 9.49. The van der Waals surface area contributed by atoms with E-state index >= 15 is 0 Å². The molecule has 1 unspecified atom stereocenters. The predicted octanol–water partition coefficient (Wildman–Crippen LogP) is 2.18. The molecule has 2 aromatic carbocycles. The lowest BCUT2D eigenvalue weighted by Gasteiger charge is -2.30. The van der Waals surface area contributed by atoms with Crippen molar-refractivity contribution >= 4 is 17.6 Å². The molecule has 11 heteroatoms. The van der Waals surface area contributed by atoms with Crippen LogP contribution in [0.2, 0.25) is 0 Å². The fourth-order valence-corrected chi connectivity index (χ4v) is 4.65. The van der Waals surface area contributed by atoms with E-state index in [0.29, 0.717) is 42.2 Å². The summed E-state index contributed by atoms with van der Waals surface area (Å²) in [4.78, 5) is 28.1. The summed E-state index contributed by atoms with van der Waals surface area (Å²) in [5.74, 6) is 0.262. The van der Waals surface area contributed by atoms with Crippen molar-refractivity contribution in [2.45, 2.75) is 39.0 Å². The summed E-state index contributed by atoms with van der Waals surface area (Å²) in [6, 6.07) is 9.32. The summed E-state index contributed by atoms with van der Waals surface area (Å²) in [5.41, 5.74) is 9.18. The van der Waals surface area contributed by atoms with Crippen LogP contribution >= 0.6 is 0 Å². The fourth-order valence-electron chi connectivity index (χ4n) is 4.65. The van der Waals surface area contributed by atoms with Gasteiger partial charge in [-0.1, -0.05) is 6.08 Å². The van der Waals surface area contributed by atoms with Crippen LogP contribution in [-0.4, -0.2) is 53.4 Å². The minimum Gasteiger partial charge on any atom is -0.496 e. The Kier molecular flexibility index (Phi) is 7.01.